The van der Waals surface area contributed by atoms with Crippen LogP contribution in [-0.2, 0) is 0 Å². The number of hydrogen-bond donors (Lipinski definition) is 1. The predicted molar refractivity (Wildman–Crippen MR) is 217 cm³/mol. The van der Waals surface area contributed by atoms with Gasteiger partial charge in [0.1, 0.15) is 17.1 Å². The molecular weight excluding hydrogens is 649 g/mol. The Hall–Kier alpha value is -7.24. The van der Waals surface area contributed by atoms with E-state index >= 15 is 0 Å². The number of furan rings is 1. The zero-order chi connectivity index (χ0) is 34.9. The zero-order valence-corrected chi connectivity index (χ0v) is 28.5. The van der Waals surface area contributed by atoms with Crippen LogP contribution in [0.25, 0.3) is 105 Å². The van der Waals surface area contributed by atoms with Crippen molar-refractivity contribution in [3.63, 3.8) is 0 Å². The summed E-state index contributed by atoms with van der Waals surface area (Å²) in [6.45, 7) is 0. The van der Waals surface area contributed by atoms with Crippen LogP contribution in [0.1, 0.15) is 0 Å². The molecule has 0 unspecified atom stereocenters. The van der Waals surface area contributed by atoms with Gasteiger partial charge in [-0.1, -0.05) is 109 Å². The lowest BCUT2D eigenvalue weighted by atomic mass is 9.94. The molecule has 0 aliphatic rings. The standard InChI is InChI=1S/C48H30N4O/c1-3-13-30(14-4-1)31-27-32(29-33(28-31)44-47-39(25-26-49-44)37-18-8-10-24-43(37)53-47)35-19-12-23-42-46(35)51-48(52(42)34-15-5-2-6-16-34)40-21-11-20-38-36-17-7-9-22-41(36)50-45(38)40/h1-29,50H. The molecule has 5 nitrogen and oxygen atoms in total. The summed E-state index contributed by atoms with van der Waals surface area (Å²) in [6.07, 6.45) is 1.88. The summed E-state index contributed by atoms with van der Waals surface area (Å²) in [5, 5.41) is 4.51. The number of hydrogen-bond acceptors (Lipinski definition) is 3. The van der Waals surface area contributed by atoms with Crippen LogP contribution in [0.3, 0.4) is 0 Å². The van der Waals surface area contributed by atoms with E-state index in [1.165, 1.54) is 10.8 Å². The van der Waals surface area contributed by atoms with Crippen LogP contribution in [0.5, 0.6) is 0 Å². The van der Waals surface area contributed by atoms with Gasteiger partial charge < -0.3 is 9.40 Å². The van der Waals surface area contributed by atoms with Crippen LogP contribution in [0.2, 0.25) is 0 Å². The van der Waals surface area contributed by atoms with Gasteiger partial charge in [-0.3, -0.25) is 9.55 Å². The number of aromatic nitrogens is 4. The Bertz CT molecular complexity index is 3170. The average molecular weight is 679 g/mol. The Labute approximate surface area is 304 Å². The van der Waals surface area contributed by atoms with E-state index in [2.05, 4.69) is 155 Å². The molecule has 1 N–H and O–H groups in total. The van der Waals surface area contributed by atoms with E-state index < -0.39 is 0 Å². The number of nitrogens with zero attached hydrogens (tertiary/aromatic N) is 3. The molecule has 0 aliphatic heterocycles. The largest absolute Gasteiger partial charge is 0.454 e. The molecule has 0 aliphatic carbocycles. The van der Waals surface area contributed by atoms with Crippen LogP contribution in [0.15, 0.2) is 180 Å². The number of nitrogens with one attached hydrogen (secondary N) is 1. The quantitative estimate of drug-likeness (QED) is 0.197. The van der Waals surface area contributed by atoms with Crippen molar-refractivity contribution in [2.75, 3.05) is 0 Å². The van der Waals surface area contributed by atoms with Gasteiger partial charge in [0.2, 0.25) is 0 Å². The molecule has 4 heterocycles. The van der Waals surface area contributed by atoms with Gasteiger partial charge in [-0.25, -0.2) is 4.98 Å². The van der Waals surface area contributed by atoms with Crippen LogP contribution < -0.4 is 0 Å². The second-order valence-electron chi connectivity index (χ2n) is 13.5. The van der Waals surface area contributed by atoms with E-state index in [9.17, 15) is 0 Å². The van der Waals surface area contributed by atoms with Crippen LogP contribution >= 0.6 is 0 Å². The van der Waals surface area contributed by atoms with E-state index in [1.54, 1.807) is 0 Å². The van der Waals surface area contributed by atoms with Crippen molar-refractivity contribution in [2.24, 2.45) is 0 Å². The summed E-state index contributed by atoms with van der Waals surface area (Å²) in [4.78, 5) is 14.2. The monoisotopic (exact) mass is 678 g/mol. The lowest BCUT2D eigenvalue weighted by molar-refractivity contribution is 0.668. The molecule has 7 aromatic carbocycles. The highest BCUT2D eigenvalue weighted by Gasteiger charge is 2.22. The third-order valence-corrected chi connectivity index (χ3v) is 10.4. The van der Waals surface area contributed by atoms with Gasteiger partial charge in [-0.05, 0) is 77.4 Å². The molecule has 4 aromatic heterocycles. The molecule has 0 radical (unpaired) electrons. The first-order valence-corrected chi connectivity index (χ1v) is 17.8. The lowest BCUT2D eigenvalue weighted by Crippen LogP contribution is -1.97. The minimum Gasteiger partial charge on any atom is -0.454 e. The number of para-hydroxylation sites is 5. The molecule has 0 atom stereocenters. The van der Waals surface area contributed by atoms with E-state index in [-0.39, 0.29) is 0 Å². The summed E-state index contributed by atoms with van der Waals surface area (Å²) in [5.41, 5.74) is 14.0. The summed E-state index contributed by atoms with van der Waals surface area (Å²) >= 11 is 0. The Kier molecular flexibility index (Phi) is 6.48. The fourth-order valence-corrected chi connectivity index (χ4v) is 7.99. The molecule has 0 saturated carbocycles. The van der Waals surface area contributed by atoms with Crippen LogP contribution in [-0.4, -0.2) is 19.5 Å². The summed E-state index contributed by atoms with van der Waals surface area (Å²) in [5.74, 6) is 0.879. The summed E-state index contributed by atoms with van der Waals surface area (Å²) in [7, 11) is 0. The summed E-state index contributed by atoms with van der Waals surface area (Å²) < 4.78 is 8.78. The van der Waals surface area contributed by atoms with Crippen molar-refractivity contribution in [2.45, 2.75) is 0 Å². The molecule has 248 valence electrons. The van der Waals surface area contributed by atoms with E-state index in [4.69, 9.17) is 14.4 Å². The van der Waals surface area contributed by atoms with Gasteiger partial charge in [-0.2, -0.15) is 0 Å². The van der Waals surface area contributed by atoms with E-state index in [0.29, 0.717) is 0 Å². The molecular formula is C48H30N4O. The zero-order valence-electron chi connectivity index (χ0n) is 28.5. The van der Waals surface area contributed by atoms with Crippen molar-refractivity contribution in [1.82, 2.24) is 19.5 Å². The van der Waals surface area contributed by atoms with Gasteiger partial charge in [-0.15, -0.1) is 0 Å². The fraction of sp³-hybridized carbons (Fsp3) is 0. The normalized spacial score (nSPS) is 11.8. The topological polar surface area (TPSA) is 59.6 Å². The van der Waals surface area contributed by atoms with Gasteiger partial charge in [0.15, 0.2) is 5.58 Å². The highest BCUT2D eigenvalue weighted by molar-refractivity contribution is 6.12. The second-order valence-corrected chi connectivity index (χ2v) is 13.5. The molecule has 0 saturated heterocycles. The Balaban J connectivity index is 1.19. The van der Waals surface area contributed by atoms with Gasteiger partial charge >= 0.3 is 0 Å². The Morgan fingerprint density at radius 3 is 2.09 bits per heavy atom. The number of H-pyrrole nitrogens is 1. The molecule has 53 heavy (non-hydrogen) atoms. The number of pyridine rings is 1. The molecule has 11 rings (SSSR count). The smallest absolute Gasteiger partial charge is 0.161 e. The van der Waals surface area contributed by atoms with Crippen LogP contribution in [0.4, 0.5) is 0 Å². The molecule has 0 bridgehead atoms. The first-order valence-electron chi connectivity index (χ1n) is 17.8. The lowest BCUT2D eigenvalue weighted by Gasteiger charge is -2.12. The number of rotatable bonds is 5. The highest BCUT2D eigenvalue weighted by Crippen LogP contribution is 2.42. The van der Waals surface area contributed by atoms with Crippen molar-refractivity contribution < 1.29 is 4.42 Å². The second kappa shape index (κ2) is 11.7. The Morgan fingerprint density at radius 1 is 0.509 bits per heavy atom. The third kappa shape index (κ3) is 4.64. The summed E-state index contributed by atoms with van der Waals surface area (Å²) in [6, 6.07) is 59.4. The molecule has 11 aromatic rings. The number of benzene rings is 7. The minimum absolute atomic E-state index is 0.783. The van der Waals surface area contributed by atoms with Gasteiger partial charge in [0.25, 0.3) is 0 Å². The molecule has 0 fully saturated rings. The molecule has 0 spiro atoms. The number of aromatic amines is 1. The average Bonchev–Trinajstić information content (AvgIpc) is 3.93. The predicted octanol–water partition coefficient (Wildman–Crippen LogP) is 12.6. The SMILES string of the molecule is c1ccc(-c2cc(-c3cccc4c3nc(-c3cccc5c3[nH]c3ccccc35)n4-c3ccccc3)cc(-c3nccc4c3oc3ccccc34)c2)cc1. The number of imidazole rings is 1. The van der Waals surface area contributed by atoms with Gasteiger partial charge in [0.05, 0.1) is 16.6 Å². The van der Waals surface area contributed by atoms with Crippen molar-refractivity contribution in [3.05, 3.63) is 176 Å². The first kappa shape index (κ1) is 29.5. The minimum atomic E-state index is 0.783. The fourth-order valence-electron chi connectivity index (χ4n) is 7.99. The van der Waals surface area contributed by atoms with Crippen LogP contribution in [0, 0.1) is 0 Å². The van der Waals surface area contributed by atoms with E-state index in [0.717, 1.165) is 94.6 Å². The molecule has 5 heteroatoms. The number of fused-ring (bicyclic) bond motifs is 7. The maximum atomic E-state index is 6.49. The van der Waals surface area contributed by atoms with Crippen molar-refractivity contribution in [3.8, 4) is 50.6 Å². The van der Waals surface area contributed by atoms with Gasteiger partial charge in [0, 0.05) is 55.6 Å². The highest BCUT2D eigenvalue weighted by atomic mass is 16.3. The third-order valence-electron chi connectivity index (χ3n) is 10.4. The van der Waals surface area contributed by atoms with E-state index in [1.807, 2.05) is 30.5 Å². The first-order chi connectivity index (χ1) is 26.3. The molecule has 0 amide bonds. The van der Waals surface area contributed by atoms with Crippen molar-refractivity contribution >= 4 is 54.8 Å². The maximum absolute atomic E-state index is 6.49. The maximum Gasteiger partial charge on any atom is 0.161 e. The Morgan fingerprint density at radius 2 is 1.21 bits per heavy atom. The van der Waals surface area contributed by atoms with Crippen molar-refractivity contribution in [1.29, 1.82) is 0 Å².